The number of nitriles is 1. The van der Waals surface area contributed by atoms with Crippen molar-refractivity contribution in [3.63, 3.8) is 0 Å². The Hall–Kier alpha value is -4.10. The average molecular weight is 485 g/mol. The number of carbonyl (C=O) groups is 1. The van der Waals surface area contributed by atoms with E-state index >= 15 is 0 Å². The largest absolute Gasteiger partial charge is 0.341 e. The second kappa shape index (κ2) is 10.4. The molecule has 1 amide bonds. The van der Waals surface area contributed by atoms with E-state index in [1.54, 1.807) is 4.68 Å². The predicted octanol–water partition coefficient (Wildman–Crippen LogP) is 4.05. The monoisotopic (exact) mass is 484 g/mol. The molecule has 35 heavy (non-hydrogen) atoms. The van der Waals surface area contributed by atoms with E-state index in [1.807, 2.05) is 65.2 Å². The Morgan fingerprint density at radius 3 is 2.34 bits per heavy atom. The summed E-state index contributed by atoms with van der Waals surface area (Å²) in [7, 11) is 0. The molecule has 1 aliphatic rings. The second-order valence-electron chi connectivity index (χ2n) is 8.10. The van der Waals surface area contributed by atoms with Gasteiger partial charge >= 0.3 is 0 Å². The van der Waals surface area contributed by atoms with E-state index in [1.165, 1.54) is 24.4 Å². The number of hydrogen-bond acceptors (Lipinski definition) is 7. The Labute approximate surface area is 207 Å². The van der Waals surface area contributed by atoms with Crippen LogP contribution in [0.15, 0.2) is 72.0 Å². The molecule has 0 unspecified atom stereocenters. The van der Waals surface area contributed by atoms with Crippen LogP contribution in [0.25, 0.3) is 11.4 Å². The molecule has 0 aliphatic carbocycles. The summed E-state index contributed by atoms with van der Waals surface area (Å²) in [6, 6.07) is 21.4. The Morgan fingerprint density at radius 2 is 1.66 bits per heavy atom. The van der Waals surface area contributed by atoms with Gasteiger partial charge in [0.1, 0.15) is 11.6 Å². The van der Waals surface area contributed by atoms with Gasteiger partial charge in [0.25, 0.3) is 0 Å². The number of piperidine rings is 1. The summed E-state index contributed by atoms with van der Waals surface area (Å²) in [5, 5.41) is 26.2. The van der Waals surface area contributed by atoms with Crippen molar-refractivity contribution in [3.8, 4) is 17.4 Å². The summed E-state index contributed by atoms with van der Waals surface area (Å²) in [6.07, 6.45) is 4.93. The maximum absolute atomic E-state index is 12.9. The molecule has 1 fully saturated rings. The van der Waals surface area contributed by atoms with Gasteiger partial charge in [0.15, 0.2) is 11.0 Å². The maximum atomic E-state index is 12.9. The molecule has 0 saturated carbocycles. The number of nitrogens with zero attached hydrogens (tertiary/aromatic N) is 7. The van der Waals surface area contributed by atoms with E-state index in [2.05, 4.69) is 31.6 Å². The Morgan fingerprint density at radius 1 is 0.971 bits per heavy atom. The van der Waals surface area contributed by atoms with E-state index in [-0.39, 0.29) is 11.7 Å². The number of para-hydroxylation sites is 2. The lowest BCUT2D eigenvalue weighted by molar-refractivity contribution is -0.113. The highest BCUT2D eigenvalue weighted by molar-refractivity contribution is 7.99. The van der Waals surface area contributed by atoms with Crippen molar-refractivity contribution in [2.75, 3.05) is 29.1 Å². The predicted molar refractivity (Wildman–Crippen MR) is 135 cm³/mol. The van der Waals surface area contributed by atoms with Crippen molar-refractivity contribution in [3.05, 3.63) is 72.4 Å². The number of benzene rings is 2. The van der Waals surface area contributed by atoms with Crippen LogP contribution in [0.1, 0.15) is 24.8 Å². The molecule has 1 aliphatic heterocycles. The summed E-state index contributed by atoms with van der Waals surface area (Å²) in [5.41, 5.74) is 2.01. The Kier molecular flexibility index (Phi) is 6.77. The fraction of sp³-hybridized carbons (Fsp3) is 0.240. The molecule has 176 valence electrons. The number of carbonyl (C=O) groups excluding carboxylic acids is 1. The number of hydrogen-bond donors (Lipinski definition) is 1. The first-order valence-corrected chi connectivity index (χ1v) is 12.4. The molecule has 0 spiro atoms. The molecule has 5 rings (SSSR count). The van der Waals surface area contributed by atoms with E-state index in [0.29, 0.717) is 16.5 Å². The molecule has 0 bridgehead atoms. The molecule has 0 atom stereocenters. The van der Waals surface area contributed by atoms with Gasteiger partial charge in [-0.1, -0.05) is 48.2 Å². The van der Waals surface area contributed by atoms with Crippen molar-refractivity contribution >= 4 is 29.4 Å². The number of aromatic nitrogens is 5. The zero-order chi connectivity index (χ0) is 24.0. The minimum atomic E-state index is -0.258. The molecule has 1 N–H and O–H groups in total. The number of rotatable bonds is 7. The molecule has 0 radical (unpaired) electrons. The smallest absolute Gasteiger partial charge is 0.236 e. The fourth-order valence-electron chi connectivity index (χ4n) is 4.07. The molecule has 4 aromatic rings. The third kappa shape index (κ3) is 4.90. The lowest BCUT2D eigenvalue weighted by Gasteiger charge is -2.27. The van der Waals surface area contributed by atoms with Crippen molar-refractivity contribution in [1.82, 2.24) is 24.5 Å². The summed E-state index contributed by atoms with van der Waals surface area (Å²) in [4.78, 5) is 15.2. The van der Waals surface area contributed by atoms with Gasteiger partial charge in [-0.3, -0.25) is 9.36 Å². The SMILES string of the molecule is N#Cc1cnn(-c2ccccc2)c1NC(=O)CSc1nnc(N2CCCCC2)n1-c1ccccc1. The number of anilines is 2. The minimum absolute atomic E-state index is 0.107. The van der Waals surface area contributed by atoms with E-state index < -0.39 is 0 Å². The quantitative estimate of drug-likeness (QED) is 0.395. The third-order valence-electron chi connectivity index (χ3n) is 5.75. The van der Waals surface area contributed by atoms with Gasteiger partial charge in [-0.15, -0.1) is 10.2 Å². The number of amides is 1. The van der Waals surface area contributed by atoms with Crippen LogP contribution in [0.3, 0.4) is 0 Å². The molecule has 10 heteroatoms. The van der Waals surface area contributed by atoms with Gasteiger partial charge < -0.3 is 10.2 Å². The molecule has 3 heterocycles. The molecule has 2 aromatic heterocycles. The van der Waals surface area contributed by atoms with E-state index in [4.69, 9.17) is 0 Å². The first-order chi connectivity index (χ1) is 17.2. The van der Waals surface area contributed by atoms with Crippen molar-refractivity contribution in [2.24, 2.45) is 0 Å². The van der Waals surface area contributed by atoms with Gasteiger partial charge in [0.05, 0.1) is 23.3 Å². The first-order valence-electron chi connectivity index (χ1n) is 11.5. The highest BCUT2D eigenvalue weighted by Gasteiger charge is 2.22. The van der Waals surface area contributed by atoms with Crippen molar-refractivity contribution < 1.29 is 4.79 Å². The van der Waals surface area contributed by atoms with E-state index in [9.17, 15) is 10.1 Å². The average Bonchev–Trinajstić information content (AvgIpc) is 3.53. The Bertz CT molecular complexity index is 1340. The molecular formula is C25H24N8OS. The topological polar surface area (TPSA) is 105 Å². The second-order valence-corrected chi connectivity index (χ2v) is 9.05. The molecule has 2 aromatic carbocycles. The van der Waals surface area contributed by atoms with E-state index in [0.717, 1.165) is 43.3 Å². The van der Waals surface area contributed by atoms with Crippen LogP contribution < -0.4 is 10.2 Å². The van der Waals surface area contributed by atoms with Gasteiger partial charge in [-0.05, 0) is 43.5 Å². The van der Waals surface area contributed by atoms with Crippen LogP contribution in [0.2, 0.25) is 0 Å². The minimum Gasteiger partial charge on any atom is -0.341 e. The normalized spacial score (nSPS) is 13.4. The maximum Gasteiger partial charge on any atom is 0.236 e. The molecule has 1 saturated heterocycles. The van der Waals surface area contributed by atoms with Crippen LogP contribution in [-0.2, 0) is 4.79 Å². The standard InChI is InChI=1S/C25H24N8OS/c26-16-19-17-27-33(21-12-6-2-7-13-21)23(19)28-22(34)18-35-25-30-29-24(31-14-8-3-9-15-31)32(25)20-10-4-1-5-11-20/h1-2,4-7,10-13,17H,3,8-9,14-15,18H2,(H,28,34). The summed E-state index contributed by atoms with van der Waals surface area (Å²) >= 11 is 1.31. The summed E-state index contributed by atoms with van der Waals surface area (Å²) in [5.74, 6) is 0.998. The van der Waals surface area contributed by atoms with Crippen LogP contribution in [0.5, 0.6) is 0 Å². The highest BCUT2D eigenvalue weighted by atomic mass is 32.2. The van der Waals surface area contributed by atoms with Crippen LogP contribution >= 0.6 is 11.8 Å². The fourth-order valence-corrected chi connectivity index (χ4v) is 4.82. The highest BCUT2D eigenvalue weighted by Crippen LogP contribution is 2.28. The van der Waals surface area contributed by atoms with Gasteiger partial charge in [-0.2, -0.15) is 10.4 Å². The number of nitrogens with one attached hydrogen (secondary N) is 1. The van der Waals surface area contributed by atoms with Crippen LogP contribution in [0, 0.1) is 11.3 Å². The van der Waals surface area contributed by atoms with Gasteiger partial charge in [0, 0.05) is 13.1 Å². The zero-order valence-electron chi connectivity index (χ0n) is 19.0. The summed E-state index contributed by atoms with van der Waals surface area (Å²) in [6.45, 7) is 1.88. The zero-order valence-corrected chi connectivity index (χ0v) is 19.9. The molecule has 9 nitrogen and oxygen atoms in total. The number of thioether (sulfide) groups is 1. The lowest BCUT2D eigenvalue weighted by Crippen LogP contribution is -2.31. The van der Waals surface area contributed by atoms with Crippen molar-refractivity contribution in [1.29, 1.82) is 5.26 Å². The van der Waals surface area contributed by atoms with Gasteiger partial charge in [-0.25, -0.2) is 4.68 Å². The van der Waals surface area contributed by atoms with Crippen molar-refractivity contribution in [2.45, 2.75) is 24.4 Å². The first kappa shape index (κ1) is 22.7. The third-order valence-corrected chi connectivity index (χ3v) is 6.68. The van der Waals surface area contributed by atoms with Crippen LogP contribution in [0.4, 0.5) is 11.8 Å². The molecular weight excluding hydrogens is 460 g/mol. The summed E-state index contributed by atoms with van der Waals surface area (Å²) < 4.78 is 3.57. The van der Waals surface area contributed by atoms with Crippen LogP contribution in [-0.4, -0.2) is 49.3 Å². The van der Waals surface area contributed by atoms with Gasteiger partial charge in [0.2, 0.25) is 11.9 Å². The lowest BCUT2D eigenvalue weighted by atomic mass is 10.1. The Balaban J connectivity index is 1.36.